The lowest BCUT2D eigenvalue weighted by molar-refractivity contribution is -0.147. The zero-order valence-electron chi connectivity index (χ0n) is 12.7. The van der Waals surface area contributed by atoms with Gasteiger partial charge in [0.1, 0.15) is 4.91 Å². The van der Waals surface area contributed by atoms with Crippen LogP contribution in [0.3, 0.4) is 0 Å². The number of carbonyl (C=O) groups excluding carboxylic acids is 3. The number of carbonyl (C=O) groups is 3. The van der Waals surface area contributed by atoms with Crippen LogP contribution in [0.4, 0.5) is 0 Å². The van der Waals surface area contributed by atoms with E-state index in [0.717, 1.165) is 11.8 Å². The van der Waals surface area contributed by atoms with Crippen LogP contribution in [0.1, 0.15) is 0 Å². The molecule has 0 spiro atoms. The van der Waals surface area contributed by atoms with E-state index in [1.165, 1.54) is 21.3 Å². The molecule has 21 heavy (non-hydrogen) atoms. The first kappa shape index (κ1) is 17.5. The first-order valence-corrected chi connectivity index (χ1v) is 7.15. The summed E-state index contributed by atoms with van der Waals surface area (Å²) in [5.41, 5.74) is 0.126. The minimum atomic E-state index is -0.657. The maximum atomic E-state index is 12.1. The molecule has 0 N–H and O–H groups in total. The number of likely N-dealkylation sites (N-methyl/N-ethyl adjacent to an activating group) is 1. The topological polar surface area (TPSA) is 82.1 Å². The number of nitrogens with zero attached hydrogens (tertiary/aromatic N) is 1. The molecule has 0 aliphatic carbocycles. The van der Waals surface area contributed by atoms with E-state index in [2.05, 4.69) is 0 Å². The number of thioether (sulfide) groups is 1. The Morgan fingerprint density at radius 3 is 2.05 bits per heavy atom. The highest BCUT2D eigenvalue weighted by molar-refractivity contribution is 8.04. The molecule has 1 aliphatic rings. The summed E-state index contributed by atoms with van der Waals surface area (Å²) in [6, 6.07) is -0.611. The Kier molecular flexibility index (Phi) is 6.22. The fourth-order valence-electron chi connectivity index (χ4n) is 2.23. The van der Waals surface area contributed by atoms with Crippen LogP contribution in [0.5, 0.6) is 0 Å². The molecule has 7 nitrogen and oxygen atoms in total. The van der Waals surface area contributed by atoms with Gasteiger partial charge in [-0.15, -0.1) is 11.8 Å². The highest BCUT2D eigenvalue weighted by atomic mass is 32.2. The van der Waals surface area contributed by atoms with Crippen molar-refractivity contribution in [2.45, 2.75) is 6.04 Å². The molecule has 1 heterocycles. The lowest BCUT2D eigenvalue weighted by Crippen LogP contribution is -2.47. The van der Waals surface area contributed by atoms with Crippen LogP contribution in [0.25, 0.3) is 0 Å². The number of methoxy groups -OCH3 is 3. The minimum absolute atomic E-state index is 0.126. The predicted molar refractivity (Wildman–Crippen MR) is 76.5 cm³/mol. The van der Waals surface area contributed by atoms with E-state index in [9.17, 15) is 14.4 Å². The molecule has 0 aromatic rings. The van der Waals surface area contributed by atoms with Gasteiger partial charge >= 0.3 is 17.9 Å². The van der Waals surface area contributed by atoms with Crippen LogP contribution >= 0.6 is 11.8 Å². The highest BCUT2D eigenvalue weighted by Gasteiger charge is 2.44. The van der Waals surface area contributed by atoms with Crippen LogP contribution in [-0.2, 0) is 28.6 Å². The summed E-state index contributed by atoms with van der Waals surface area (Å²) in [5, 5.41) is 0. The van der Waals surface area contributed by atoms with Gasteiger partial charge in [-0.3, -0.25) is 4.79 Å². The van der Waals surface area contributed by atoms with Gasteiger partial charge in [0.2, 0.25) is 0 Å². The summed E-state index contributed by atoms with van der Waals surface area (Å²) in [6.07, 6.45) is 0. The van der Waals surface area contributed by atoms with Crippen molar-refractivity contribution in [3.8, 4) is 0 Å². The van der Waals surface area contributed by atoms with Crippen LogP contribution in [-0.4, -0.2) is 70.0 Å². The van der Waals surface area contributed by atoms with Gasteiger partial charge in [-0.2, -0.15) is 0 Å². The molecule has 8 heteroatoms. The first-order valence-electron chi connectivity index (χ1n) is 6.16. The summed E-state index contributed by atoms with van der Waals surface area (Å²) in [5.74, 6) is -1.96. The normalized spacial score (nSPS) is 22.0. The zero-order valence-corrected chi connectivity index (χ0v) is 13.5. The third-order valence-corrected chi connectivity index (χ3v) is 4.37. The van der Waals surface area contributed by atoms with E-state index in [0.29, 0.717) is 5.75 Å². The van der Waals surface area contributed by atoms with Gasteiger partial charge in [0.15, 0.2) is 0 Å². The quantitative estimate of drug-likeness (QED) is 0.531. The minimum Gasteiger partial charge on any atom is -0.469 e. The average Bonchev–Trinajstić information content (AvgIpc) is 2.50. The van der Waals surface area contributed by atoms with E-state index >= 15 is 0 Å². The summed E-state index contributed by atoms with van der Waals surface area (Å²) < 4.78 is 14.2. The van der Waals surface area contributed by atoms with Crippen molar-refractivity contribution in [1.82, 2.24) is 4.90 Å². The van der Waals surface area contributed by atoms with E-state index in [4.69, 9.17) is 14.2 Å². The van der Waals surface area contributed by atoms with Gasteiger partial charge in [0.05, 0.1) is 38.9 Å². The number of hydrogen-bond donors (Lipinski definition) is 0. The molecule has 2 atom stereocenters. The second-order valence-electron chi connectivity index (χ2n) is 4.58. The Labute approximate surface area is 127 Å². The van der Waals surface area contributed by atoms with Crippen molar-refractivity contribution in [1.29, 1.82) is 0 Å². The van der Waals surface area contributed by atoms with E-state index in [1.54, 1.807) is 19.0 Å². The van der Waals surface area contributed by atoms with Crippen LogP contribution in [0.2, 0.25) is 0 Å². The summed E-state index contributed by atoms with van der Waals surface area (Å²) in [7, 11) is 7.19. The number of rotatable bonds is 4. The van der Waals surface area contributed by atoms with Gasteiger partial charge in [0.25, 0.3) is 0 Å². The maximum absolute atomic E-state index is 12.1. The van der Waals surface area contributed by atoms with Crippen molar-refractivity contribution in [2.24, 2.45) is 5.92 Å². The van der Waals surface area contributed by atoms with Gasteiger partial charge < -0.3 is 19.1 Å². The third-order valence-electron chi connectivity index (χ3n) is 3.17. The SMILES string of the molecule is COC(=O)C1=C(C(=O)OC)[C@@H](N(C)C)[C@H](C(=O)OC)CS1. The second kappa shape index (κ2) is 7.46. The molecule has 0 bridgehead atoms. The van der Waals surface area contributed by atoms with Crippen molar-refractivity contribution in [3.63, 3.8) is 0 Å². The first-order chi connectivity index (χ1) is 9.88. The molecule has 0 saturated carbocycles. The van der Waals surface area contributed by atoms with Crippen molar-refractivity contribution >= 4 is 29.7 Å². The Balaban J connectivity index is 3.40. The van der Waals surface area contributed by atoms with E-state index in [1.807, 2.05) is 0 Å². The monoisotopic (exact) mass is 317 g/mol. The molecular weight excluding hydrogens is 298 g/mol. The molecule has 1 aliphatic heterocycles. The van der Waals surface area contributed by atoms with Gasteiger partial charge in [-0.1, -0.05) is 0 Å². The third kappa shape index (κ3) is 3.56. The lowest BCUT2D eigenvalue weighted by Gasteiger charge is -2.35. The lowest BCUT2D eigenvalue weighted by atomic mass is 9.92. The van der Waals surface area contributed by atoms with Gasteiger partial charge in [0, 0.05) is 5.75 Å². The average molecular weight is 317 g/mol. The Morgan fingerprint density at radius 2 is 1.62 bits per heavy atom. The van der Waals surface area contributed by atoms with Crippen molar-refractivity contribution < 1.29 is 28.6 Å². The highest BCUT2D eigenvalue weighted by Crippen LogP contribution is 2.37. The Bertz CT molecular complexity index is 473. The Hall–Kier alpha value is -1.54. The molecule has 0 amide bonds. The van der Waals surface area contributed by atoms with Crippen LogP contribution in [0, 0.1) is 5.92 Å². The molecule has 0 aromatic heterocycles. The molecule has 118 valence electrons. The van der Waals surface area contributed by atoms with Crippen LogP contribution < -0.4 is 0 Å². The van der Waals surface area contributed by atoms with Gasteiger partial charge in [-0.05, 0) is 14.1 Å². The maximum Gasteiger partial charge on any atom is 0.344 e. The van der Waals surface area contributed by atoms with E-state index in [-0.39, 0.29) is 10.5 Å². The summed E-state index contributed by atoms with van der Waals surface area (Å²) in [6.45, 7) is 0. The molecule has 0 saturated heterocycles. The number of hydrogen-bond acceptors (Lipinski definition) is 8. The van der Waals surface area contributed by atoms with Crippen LogP contribution in [0.15, 0.2) is 10.5 Å². The standard InChI is InChI=1S/C13H19NO6S/c1-14(2)9-7(11(15)18-3)6-21-10(13(17)20-5)8(9)12(16)19-4/h7,9H,6H2,1-5H3/t7-,9+/m1/s1. The molecule has 1 rings (SSSR count). The summed E-state index contributed by atoms with van der Waals surface area (Å²) >= 11 is 1.10. The zero-order chi connectivity index (χ0) is 16.2. The fourth-order valence-corrected chi connectivity index (χ4v) is 3.45. The molecule has 0 fully saturated rings. The van der Waals surface area contributed by atoms with E-state index < -0.39 is 29.9 Å². The predicted octanol–water partition coefficient (Wildman–Crippen LogP) is 0.0527. The molecular formula is C13H19NO6S. The van der Waals surface area contributed by atoms with Crippen molar-refractivity contribution in [3.05, 3.63) is 10.5 Å². The van der Waals surface area contributed by atoms with Crippen molar-refractivity contribution in [2.75, 3.05) is 41.2 Å². The summed E-state index contributed by atoms with van der Waals surface area (Å²) in [4.78, 5) is 37.7. The second-order valence-corrected chi connectivity index (χ2v) is 5.61. The molecule has 0 unspecified atom stereocenters. The molecule has 0 radical (unpaired) electrons. The van der Waals surface area contributed by atoms with Gasteiger partial charge in [-0.25, -0.2) is 9.59 Å². The smallest absolute Gasteiger partial charge is 0.344 e. The largest absolute Gasteiger partial charge is 0.469 e. The number of esters is 3. The fraction of sp³-hybridized carbons (Fsp3) is 0.615. The molecule has 0 aromatic carbocycles. The Morgan fingerprint density at radius 1 is 1.05 bits per heavy atom. The number of ether oxygens (including phenoxy) is 3.